The van der Waals surface area contributed by atoms with Gasteiger partial charge in [0.15, 0.2) is 0 Å². The number of ether oxygens (including phenoxy) is 1. The van der Waals surface area contributed by atoms with Crippen LogP contribution in [0.3, 0.4) is 0 Å². The molecule has 2 rings (SSSR count). The lowest BCUT2D eigenvalue weighted by Crippen LogP contribution is -1.99. The van der Waals surface area contributed by atoms with Gasteiger partial charge in [-0.1, -0.05) is 50.1 Å². The van der Waals surface area contributed by atoms with Crippen LogP contribution in [0, 0.1) is 5.82 Å². The van der Waals surface area contributed by atoms with Crippen LogP contribution in [0.15, 0.2) is 46.9 Å². The van der Waals surface area contributed by atoms with Crippen LogP contribution in [0.1, 0.15) is 16.0 Å². The summed E-state index contributed by atoms with van der Waals surface area (Å²) in [5.41, 5.74) is 1.98. The number of hydrogen-bond acceptors (Lipinski definition) is 1. The summed E-state index contributed by atoms with van der Waals surface area (Å²) in [4.78, 5) is 0.0221. The average molecular weight is 388 g/mol. The number of alkyl halides is 1. The number of halogens is 3. The summed E-state index contributed by atoms with van der Waals surface area (Å²) in [5.74, 6) is 0.613. The van der Waals surface area contributed by atoms with Gasteiger partial charge in [-0.05, 0) is 41.8 Å². The van der Waals surface area contributed by atoms with Crippen molar-refractivity contribution in [3.05, 3.63) is 63.9 Å². The third kappa shape index (κ3) is 3.57. The quantitative estimate of drug-likeness (QED) is 0.649. The lowest BCUT2D eigenvalue weighted by atomic mass is 10.0. The maximum absolute atomic E-state index is 13.3. The van der Waals surface area contributed by atoms with Crippen LogP contribution < -0.4 is 4.74 Å². The highest BCUT2D eigenvalue weighted by Gasteiger charge is 2.15. The monoisotopic (exact) mass is 386 g/mol. The fourth-order valence-electron chi connectivity index (χ4n) is 1.93. The zero-order valence-electron chi connectivity index (χ0n) is 10.4. The molecule has 2 aromatic rings. The van der Waals surface area contributed by atoms with E-state index in [-0.39, 0.29) is 10.6 Å². The van der Waals surface area contributed by atoms with Crippen molar-refractivity contribution >= 4 is 31.9 Å². The van der Waals surface area contributed by atoms with Gasteiger partial charge in [0.1, 0.15) is 11.6 Å². The van der Waals surface area contributed by atoms with Crippen LogP contribution in [0.25, 0.3) is 0 Å². The second-order valence-electron chi connectivity index (χ2n) is 4.15. The second kappa shape index (κ2) is 6.53. The zero-order chi connectivity index (χ0) is 13.8. The van der Waals surface area contributed by atoms with E-state index in [1.807, 2.05) is 24.3 Å². The van der Waals surface area contributed by atoms with Crippen LogP contribution in [0.4, 0.5) is 4.39 Å². The van der Waals surface area contributed by atoms with Crippen molar-refractivity contribution < 1.29 is 9.13 Å². The predicted molar refractivity (Wildman–Crippen MR) is 82.5 cm³/mol. The Morgan fingerprint density at radius 3 is 2.68 bits per heavy atom. The van der Waals surface area contributed by atoms with Crippen LogP contribution in [0.2, 0.25) is 0 Å². The van der Waals surface area contributed by atoms with Crippen LogP contribution in [-0.2, 0) is 6.42 Å². The summed E-state index contributed by atoms with van der Waals surface area (Å²) in [6, 6.07) is 12.5. The van der Waals surface area contributed by atoms with E-state index in [1.54, 1.807) is 19.2 Å². The highest BCUT2D eigenvalue weighted by atomic mass is 79.9. The van der Waals surface area contributed by atoms with E-state index >= 15 is 0 Å². The smallest absolute Gasteiger partial charge is 0.123 e. The summed E-state index contributed by atoms with van der Waals surface area (Å²) in [7, 11) is 1.65. The Labute approximate surface area is 129 Å². The molecule has 1 unspecified atom stereocenters. The molecule has 0 heterocycles. The number of para-hydroxylation sites is 1. The van der Waals surface area contributed by atoms with Crippen molar-refractivity contribution in [1.29, 1.82) is 0 Å². The molecule has 0 aliphatic heterocycles. The van der Waals surface area contributed by atoms with Crippen molar-refractivity contribution in [3.8, 4) is 5.75 Å². The molecule has 0 bridgehead atoms. The lowest BCUT2D eigenvalue weighted by molar-refractivity contribution is 0.409. The van der Waals surface area contributed by atoms with E-state index < -0.39 is 0 Å². The fourth-order valence-corrected chi connectivity index (χ4v) is 3.49. The number of benzene rings is 2. The molecule has 100 valence electrons. The van der Waals surface area contributed by atoms with Gasteiger partial charge in [0.25, 0.3) is 0 Å². The number of rotatable bonds is 4. The average Bonchev–Trinajstić information content (AvgIpc) is 2.42. The normalized spacial score (nSPS) is 12.2. The summed E-state index contributed by atoms with van der Waals surface area (Å²) in [5, 5.41) is 0. The van der Waals surface area contributed by atoms with E-state index in [4.69, 9.17) is 4.74 Å². The molecule has 0 aliphatic carbocycles. The van der Waals surface area contributed by atoms with Gasteiger partial charge in [0.2, 0.25) is 0 Å². The summed E-state index contributed by atoms with van der Waals surface area (Å²) < 4.78 is 19.5. The molecular formula is C15H13Br2FO. The van der Waals surface area contributed by atoms with E-state index in [2.05, 4.69) is 31.9 Å². The van der Waals surface area contributed by atoms with Gasteiger partial charge in [0.05, 0.1) is 7.11 Å². The molecule has 0 radical (unpaired) electrons. The predicted octanol–water partition coefficient (Wildman–Crippen LogP) is 5.28. The third-order valence-corrected chi connectivity index (χ3v) is 4.43. The Balaban J connectivity index is 2.25. The van der Waals surface area contributed by atoms with Gasteiger partial charge >= 0.3 is 0 Å². The number of hydrogen-bond donors (Lipinski definition) is 0. The molecule has 0 fully saturated rings. The van der Waals surface area contributed by atoms with Gasteiger partial charge < -0.3 is 4.74 Å². The Hall–Kier alpha value is -0.870. The van der Waals surface area contributed by atoms with Crippen LogP contribution >= 0.6 is 31.9 Å². The van der Waals surface area contributed by atoms with E-state index in [0.717, 1.165) is 27.8 Å². The van der Waals surface area contributed by atoms with Crippen molar-refractivity contribution in [2.24, 2.45) is 0 Å². The van der Waals surface area contributed by atoms with Crippen LogP contribution in [-0.4, -0.2) is 7.11 Å². The minimum absolute atomic E-state index is 0.0221. The molecule has 0 saturated heterocycles. The topological polar surface area (TPSA) is 9.23 Å². The zero-order valence-corrected chi connectivity index (χ0v) is 13.5. The lowest BCUT2D eigenvalue weighted by Gasteiger charge is -2.14. The van der Waals surface area contributed by atoms with E-state index in [9.17, 15) is 4.39 Å². The van der Waals surface area contributed by atoms with Crippen molar-refractivity contribution in [3.63, 3.8) is 0 Å². The minimum Gasteiger partial charge on any atom is -0.496 e. The summed E-state index contributed by atoms with van der Waals surface area (Å²) >= 11 is 7.07. The highest BCUT2D eigenvalue weighted by molar-refractivity contribution is 9.11. The van der Waals surface area contributed by atoms with Crippen molar-refractivity contribution in [2.45, 2.75) is 11.2 Å². The van der Waals surface area contributed by atoms with Gasteiger partial charge in [-0.3, -0.25) is 0 Å². The summed E-state index contributed by atoms with van der Waals surface area (Å²) in [6.45, 7) is 0. The first-order valence-corrected chi connectivity index (χ1v) is 7.53. The SMILES string of the molecule is COc1ccccc1CC(Br)c1cc(F)ccc1Br. The molecule has 19 heavy (non-hydrogen) atoms. The Morgan fingerprint density at radius 2 is 1.95 bits per heavy atom. The molecule has 4 heteroatoms. The summed E-state index contributed by atoms with van der Waals surface area (Å²) in [6.07, 6.45) is 0.728. The van der Waals surface area contributed by atoms with Gasteiger partial charge in [-0.2, -0.15) is 0 Å². The highest BCUT2D eigenvalue weighted by Crippen LogP contribution is 2.35. The first-order chi connectivity index (χ1) is 9.11. The first kappa shape index (κ1) is 14.5. The molecule has 0 saturated carbocycles. The Kier molecular flexibility index (Phi) is 4.99. The van der Waals surface area contributed by atoms with Crippen molar-refractivity contribution in [1.82, 2.24) is 0 Å². The minimum atomic E-state index is -0.234. The third-order valence-electron chi connectivity index (χ3n) is 2.89. The van der Waals surface area contributed by atoms with E-state index in [1.165, 1.54) is 6.07 Å². The maximum atomic E-state index is 13.3. The Bertz CT molecular complexity index is 572. The van der Waals surface area contributed by atoms with Crippen molar-refractivity contribution in [2.75, 3.05) is 7.11 Å². The van der Waals surface area contributed by atoms with E-state index in [0.29, 0.717) is 0 Å². The maximum Gasteiger partial charge on any atom is 0.123 e. The molecule has 0 aliphatic rings. The Morgan fingerprint density at radius 1 is 1.21 bits per heavy atom. The molecule has 0 spiro atoms. The molecule has 1 nitrogen and oxygen atoms in total. The van der Waals surface area contributed by atoms with Gasteiger partial charge in [-0.15, -0.1) is 0 Å². The molecule has 0 N–H and O–H groups in total. The second-order valence-corrected chi connectivity index (χ2v) is 6.11. The van der Waals surface area contributed by atoms with Crippen LogP contribution in [0.5, 0.6) is 5.75 Å². The molecule has 1 atom stereocenters. The van der Waals surface area contributed by atoms with Gasteiger partial charge in [0, 0.05) is 9.30 Å². The molecule has 0 aromatic heterocycles. The molecule has 2 aromatic carbocycles. The fraction of sp³-hybridized carbons (Fsp3) is 0.200. The largest absolute Gasteiger partial charge is 0.496 e. The standard InChI is InChI=1S/C15H13Br2FO/c1-19-15-5-3-2-4-10(15)8-14(17)12-9-11(18)6-7-13(12)16/h2-7,9,14H,8H2,1H3. The molecule has 0 amide bonds. The number of methoxy groups -OCH3 is 1. The molecular weight excluding hydrogens is 375 g/mol. The first-order valence-electron chi connectivity index (χ1n) is 5.82. The van der Waals surface area contributed by atoms with Gasteiger partial charge in [-0.25, -0.2) is 4.39 Å².